The average Bonchev–Trinajstić information content (AvgIpc) is 2.77. The van der Waals surface area contributed by atoms with Crippen LogP contribution in [0.2, 0.25) is 0 Å². The van der Waals surface area contributed by atoms with E-state index >= 15 is 0 Å². The predicted molar refractivity (Wildman–Crippen MR) is 123 cm³/mol. The van der Waals surface area contributed by atoms with Gasteiger partial charge in [0.05, 0.1) is 13.7 Å². The number of anilines is 1. The summed E-state index contributed by atoms with van der Waals surface area (Å²) in [6.45, 7) is 5.31. The van der Waals surface area contributed by atoms with E-state index in [1.807, 2.05) is 19.1 Å². The number of rotatable bonds is 8. The highest BCUT2D eigenvalue weighted by atomic mass is 16.5. The van der Waals surface area contributed by atoms with E-state index in [-0.39, 0.29) is 5.97 Å². The first-order valence-corrected chi connectivity index (χ1v) is 10.9. The van der Waals surface area contributed by atoms with Gasteiger partial charge in [-0.25, -0.2) is 4.79 Å². The smallest absolute Gasteiger partial charge is 0.330 e. The van der Waals surface area contributed by atoms with Crippen molar-refractivity contribution < 1.29 is 14.3 Å². The van der Waals surface area contributed by atoms with Crippen molar-refractivity contribution in [2.75, 3.05) is 25.6 Å². The number of carbonyl (C=O) groups excluding carboxylic acids is 1. The Balaban J connectivity index is 1.48. The summed E-state index contributed by atoms with van der Waals surface area (Å²) >= 11 is 0. The molecule has 0 bridgehead atoms. The molecule has 4 nitrogen and oxygen atoms in total. The van der Waals surface area contributed by atoms with E-state index in [1.165, 1.54) is 42.9 Å². The molecular weight excluding hydrogens is 374 g/mol. The normalized spacial score (nSPS) is 18.9. The number of hydrogen-bond acceptors (Lipinski definition) is 4. The van der Waals surface area contributed by atoms with Crippen LogP contribution < -0.4 is 10.1 Å². The van der Waals surface area contributed by atoms with Crippen molar-refractivity contribution >= 4 is 17.7 Å². The molecule has 1 fully saturated rings. The van der Waals surface area contributed by atoms with Crippen LogP contribution in [0.25, 0.3) is 6.08 Å². The molecule has 2 aromatic carbocycles. The van der Waals surface area contributed by atoms with Gasteiger partial charge in [-0.3, -0.25) is 0 Å². The fourth-order valence-electron chi connectivity index (χ4n) is 4.22. The van der Waals surface area contributed by atoms with E-state index in [0.29, 0.717) is 18.4 Å². The lowest BCUT2D eigenvalue weighted by atomic mass is 9.78. The maximum Gasteiger partial charge on any atom is 0.330 e. The van der Waals surface area contributed by atoms with Crippen LogP contribution in [-0.2, 0) is 9.53 Å². The van der Waals surface area contributed by atoms with Crippen molar-refractivity contribution in [3.8, 4) is 5.75 Å². The molecule has 1 saturated carbocycles. The van der Waals surface area contributed by atoms with Crippen LogP contribution in [0, 0.1) is 12.8 Å². The summed E-state index contributed by atoms with van der Waals surface area (Å²) in [4.78, 5) is 11.5. The molecule has 30 heavy (non-hydrogen) atoms. The minimum atomic E-state index is -0.306. The minimum absolute atomic E-state index is 0.306. The van der Waals surface area contributed by atoms with Gasteiger partial charge in [-0.15, -0.1) is 0 Å². The Morgan fingerprint density at radius 3 is 2.63 bits per heavy atom. The summed E-state index contributed by atoms with van der Waals surface area (Å²) in [7, 11) is 1.73. The number of aryl methyl sites for hydroxylation is 1. The Bertz CT molecular complexity index is 866. The second kappa shape index (κ2) is 10.9. The molecule has 2 aromatic rings. The molecule has 0 amide bonds. The fourth-order valence-corrected chi connectivity index (χ4v) is 4.22. The molecule has 1 aliphatic carbocycles. The Hall–Kier alpha value is -2.75. The molecule has 0 aliphatic heterocycles. The number of carbonyl (C=O) groups is 1. The van der Waals surface area contributed by atoms with Gasteiger partial charge >= 0.3 is 5.97 Å². The van der Waals surface area contributed by atoms with Crippen LogP contribution >= 0.6 is 0 Å². The number of hydrogen-bond donors (Lipinski definition) is 1. The topological polar surface area (TPSA) is 47.6 Å². The number of nitrogens with one attached hydrogen (secondary N) is 1. The summed E-state index contributed by atoms with van der Waals surface area (Å²) in [5.41, 5.74) is 4.75. The van der Waals surface area contributed by atoms with Crippen molar-refractivity contribution in [3.63, 3.8) is 0 Å². The number of esters is 1. The first kappa shape index (κ1) is 21.9. The third kappa shape index (κ3) is 6.12. The van der Waals surface area contributed by atoms with Gasteiger partial charge in [-0.05, 0) is 92.3 Å². The van der Waals surface area contributed by atoms with Crippen LogP contribution in [0.1, 0.15) is 55.2 Å². The zero-order chi connectivity index (χ0) is 21.3. The maximum atomic E-state index is 11.5. The van der Waals surface area contributed by atoms with Crippen molar-refractivity contribution in [2.45, 2.75) is 45.4 Å². The van der Waals surface area contributed by atoms with Crippen LogP contribution in [0.5, 0.6) is 5.75 Å². The maximum absolute atomic E-state index is 11.5. The molecule has 0 atom stereocenters. The first-order chi connectivity index (χ1) is 14.6. The Morgan fingerprint density at radius 2 is 1.93 bits per heavy atom. The number of methoxy groups -OCH3 is 1. The number of benzene rings is 2. The Kier molecular flexibility index (Phi) is 7.95. The molecule has 3 rings (SSSR count). The lowest BCUT2D eigenvalue weighted by Crippen LogP contribution is -2.20. The van der Waals surface area contributed by atoms with Gasteiger partial charge in [0.1, 0.15) is 5.75 Å². The van der Waals surface area contributed by atoms with Gasteiger partial charge in [-0.1, -0.05) is 24.3 Å². The fraction of sp³-hybridized carbons (Fsp3) is 0.423. The molecule has 0 aromatic heterocycles. The largest absolute Gasteiger partial charge is 0.496 e. The lowest BCUT2D eigenvalue weighted by Gasteiger charge is -2.29. The van der Waals surface area contributed by atoms with Gasteiger partial charge in [0.2, 0.25) is 0 Å². The van der Waals surface area contributed by atoms with Crippen LogP contribution in [0.4, 0.5) is 5.69 Å². The van der Waals surface area contributed by atoms with Gasteiger partial charge in [0, 0.05) is 18.3 Å². The van der Waals surface area contributed by atoms with Crippen molar-refractivity contribution in [1.29, 1.82) is 0 Å². The third-order valence-corrected chi connectivity index (χ3v) is 5.92. The summed E-state index contributed by atoms with van der Waals surface area (Å²) < 4.78 is 10.3. The van der Waals surface area contributed by atoms with E-state index in [4.69, 9.17) is 9.47 Å². The van der Waals surface area contributed by atoms with Crippen LogP contribution in [0.15, 0.2) is 48.5 Å². The highest BCUT2D eigenvalue weighted by molar-refractivity contribution is 5.87. The SMILES string of the molecule is CCOC(=O)C=Cc1cccc(NCC2CCC(c3ccc(OC)c(C)c3)CC2)c1. The van der Waals surface area contributed by atoms with Crippen LogP contribution in [0.3, 0.4) is 0 Å². The zero-order valence-corrected chi connectivity index (χ0v) is 18.3. The van der Waals surface area contributed by atoms with Crippen molar-refractivity contribution in [3.05, 3.63) is 65.2 Å². The standard InChI is InChI=1S/C26H33NO3/c1-4-30-26(28)15-10-20-6-5-7-24(17-20)27-18-21-8-11-22(12-9-21)23-13-14-25(29-3)19(2)16-23/h5-7,10,13-17,21-22,27H,4,8-9,11-12,18H2,1-3H3. The molecule has 0 saturated heterocycles. The monoisotopic (exact) mass is 407 g/mol. The molecule has 0 unspecified atom stereocenters. The Morgan fingerprint density at radius 1 is 1.13 bits per heavy atom. The molecule has 0 radical (unpaired) electrons. The highest BCUT2D eigenvalue weighted by Gasteiger charge is 2.22. The molecule has 1 aliphatic rings. The van der Waals surface area contributed by atoms with Gasteiger partial charge in [0.25, 0.3) is 0 Å². The van der Waals surface area contributed by atoms with E-state index in [2.05, 4.69) is 42.6 Å². The summed E-state index contributed by atoms with van der Waals surface area (Å²) in [6, 6.07) is 14.8. The van der Waals surface area contributed by atoms with E-state index < -0.39 is 0 Å². The second-order valence-electron chi connectivity index (χ2n) is 8.04. The van der Waals surface area contributed by atoms with Crippen LogP contribution in [-0.4, -0.2) is 26.2 Å². The van der Waals surface area contributed by atoms with Gasteiger partial charge in [-0.2, -0.15) is 0 Å². The van der Waals surface area contributed by atoms with E-state index in [1.54, 1.807) is 13.2 Å². The second-order valence-corrected chi connectivity index (χ2v) is 8.04. The Labute approximate surface area is 180 Å². The molecule has 1 N–H and O–H groups in total. The third-order valence-electron chi connectivity index (χ3n) is 5.92. The minimum Gasteiger partial charge on any atom is -0.496 e. The summed E-state index contributed by atoms with van der Waals surface area (Å²) in [6.07, 6.45) is 8.23. The zero-order valence-electron chi connectivity index (χ0n) is 18.3. The van der Waals surface area contributed by atoms with Gasteiger partial charge in [0.15, 0.2) is 0 Å². The van der Waals surface area contributed by atoms with E-state index in [0.717, 1.165) is 23.5 Å². The summed E-state index contributed by atoms with van der Waals surface area (Å²) in [5, 5.41) is 3.58. The van der Waals surface area contributed by atoms with Gasteiger partial charge < -0.3 is 14.8 Å². The highest BCUT2D eigenvalue weighted by Crippen LogP contribution is 2.37. The predicted octanol–water partition coefficient (Wildman–Crippen LogP) is 5.97. The number of ether oxygens (including phenoxy) is 2. The molecule has 4 heteroatoms. The van der Waals surface area contributed by atoms with E-state index in [9.17, 15) is 4.79 Å². The molecular formula is C26H33NO3. The average molecular weight is 408 g/mol. The molecule has 160 valence electrons. The first-order valence-electron chi connectivity index (χ1n) is 10.9. The van der Waals surface area contributed by atoms with Crippen molar-refractivity contribution in [1.82, 2.24) is 0 Å². The lowest BCUT2D eigenvalue weighted by molar-refractivity contribution is -0.137. The van der Waals surface area contributed by atoms with Crippen molar-refractivity contribution in [2.24, 2.45) is 5.92 Å². The molecule has 0 heterocycles. The molecule has 0 spiro atoms. The summed E-state index contributed by atoms with van der Waals surface area (Å²) in [5.74, 6) is 2.01. The quantitative estimate of drug-likeness (QED) is 0.433.